The highest BCUT2D eigenvalue weighted by atomic mass is 32.1. The number of nitrogens with zero attached hydrogens (tertiary/aromatic N) is 1. The summed E-state index contributed by atoms with van der Waals surface area (Å²) >= 11 is 1.19. The predicted molar refractivity (Wildman–Crippen MR) is 68.5 cm³/mol. The molecule has 0 saturated heterocycles. The van der Waals surface area contributed by atoms with Gasteiger partial charge in [-0.3, -0.25) is 10.1 Å². The summed E-state index contributed by atoms with van der Waals surface area (Å²) in [6, 6.07) is 0. The number of carbonyl (C=O) groups excluding carboxylic acids is 1. The maximum absolute atomic E-state index is 11.4. The molecule has 0 radical (unpaired) electrons. The molecule has 0 saturated carbocycles. The fourth-order valence-electron chi connectivity index (χ4n) is 0.973. The Morgan fingerprint density at radius 1 is 1.61 bits per heavy atom. The fourth-order valence-corrected chi connectivity index (χ4v) is 1.71. The summed E-state index contributed by atoms with van der Waals surface area (Å²) in [5, 5.41) is 11.4. The number of aliphatic carboxylic acids is 1. The summed E-state index contributed by atoms with van der Waals surface area (Å²) in [6.07, 6.45) is 3.91. The Labute approximate surface area is 108 Å². The highest BCUT2D eigenvalue weighted by Gasteiger charge is 2.06. The van der Waals surface area contributed by atoms with Gasteiger partial charge in [-0.05, 0) is 19.9 Å². The number of ether oxygens (including phenoxy) is 1. The van der Waals surface area contributed by atoms with Gasteiger partial charge in [-0.2, -0.15) is 0 Å². The maximum atomic E-state index is 11.4. The monoisotopic (exact) mass is 270 g/mol. The lowest BCUT2D eigenvalue weighted by atomic mass is 10.4. The van der Waals surface area contributed by atoms with Crippen LogP contribution in [-0.2, 0) is 14.3 Å². The molecular weight excluding hydrogens is 256 g/mol. The van der Waals surface area contributed by atoms with E-state index in [1.54, 1.807) is 0 Å². The van der Waals surface area contributed by atoms with Crippen LogP contribution in [-0.4, -0.2) is 34.7 Å². The first-order valence-corrected chi connectivity index (χ1v) is 6.07. The summed E-state index contributed by atoms with van der Waals surface area (Å²) in [7, 11) is 0. The quantitative estimate of drug-likeness (QED) is 0.766. The molecule has 1 heterocycles. The average molecular weight is 270 g/mol. The van der Waals surface area contributed by atoms with Gasteiger partial charge in [0, 0.05) is 17.2 Å². The van der Waals surface area contributed by atoms with Gasteiger partial charge >= 0.3 is 5.97 Å². The molecule has 0 aromatic carbocycles. The molecule has 0 fully saturated rings. The number of rotatable bonds is 6. The largest absolute Gasteiger partial charge is 0.478 e. The SMILES string of the molecule is CC(C)OCC(=O)Nc1ncc(/C=C/C(=O)O)s1. The number of aromatic nitrogens is 1. The number of hydrogen-bond acceptors (Lipinski definition) is 5. The van der Waals surface area contributed by atoms with Crippen LogP contribution in [0.15, 0.2) is 12.3 Å². The molecule has 0 aliphatic carbocycles. The van der Waals surface area contributed by atoms with Crippen molar-refractivity contribution < 1.29 is 19.4 Å². The number of hydrogen-bond donors (Lipinski definition) is 2. The van der Waals surface area contributed by atoms with Crippen molar-refractivity contribution in [2.45, 2.75) is 20.0 Å². The fraction of sp³-hybridized carbons (Fsp3) is 0.364. The predicted octanol–water partition coefficient (Wildman–Crippen LogP) is 1.60. The molecule has 1 amide bonds. The van der Waals surface area contributed by atoms with Gasteiger partial charge < -0.3 is 9.84 Å². The zero-order valence-electron chi connectivity index (χ0n) is 10.0. The molecule has 1 rings (SSSR count). The maximum Gasteiger partial charge on any atom is 0.328 e. The number of nitrogens with one attached hydrogen (secondary N) is 1. The van der Waals surface area contributed by atoms with Crippen LogP contribution in [0.4, 0.5) is 5.13 Å². The molecule has 98 valence electrons. The molecule has 18 heavy (non-hydrogen) atoms. The molecule has 1 aromatic heterocycles. The van der Waals surface area contributed by atoms with Crippen LogP contribution in [0.1, 0.15) is 18.7 Å². The zero-order valence-corrected chi connectivity index (χ0v) is 10.9. The minimum absolute atomic E-state index is 0.0129. The molecule has 6 nitrogen and oxygen atoms in total. The molecule has 0 spiro atoms. The standard InChI is InChI=1S/C11H14N2O4S/c1-7(2)17-6-9(14)13-11-12-5-8(18-11)3-4-10(15)16/h3-5,7H,6H2,1-2H3,(H,15,16)(H,12,13,14)/b4-3+. The Balaban J connectivity index is 2.48. The highest BCUT2D eigenvalue weighted by molar-refractivity contribution is 7.16. The third-order valence-electron chi connectivity index (χ3n) is 1.71. The van der Waals surface area contributed by atoms with Crippen LogP contribution >= 0.6 is 11.3 Å². The van der Waals surface area contributed by atoms with E-state index >= 15 is 0 Å². The van der Waals surface area contributed by atoms with Crippen LogP contribution in [0.2, 0.25) is 0 Å². The first-order valence-electron chi connectivity index (χ1n) is 5.25. The smallest absolute Gasteiger partial charge is 0.328 e. The Hall–Kier alpha value is -1.73. The van der Waals surface area contributed by atoms with Gasteiger partial charge in [-0.15, -0.1) is 0 Å². The van der Waals surface area contributed by atoms with Gasteiger partial charge in [0.2, 0.25) is 0 Å². The van der Waals surface area contributed by atoms with Crippen molar-refractivity contribution >= 4 is 34.4 Å². The Kier molecular flexibility index (Phi) is 5.47. The van der Waals surface area contributed by atoms with Crippen molar-refractivity contribution in [3.63, 3.8) is 0 Å². The third kappa shape index (κ3) is 5.55. The average Bonchev–Trinajstić information content (AvgIpc) is 2.71. The van der Waals surface area contributed by atoms with E-state index in [2.05, 4.69) is 10.3 Å². The summed E-state index contributed by atoms with van der Waals surface area (Å²) < 4.78 is 5.13. The Morgan fingerprint density at radius 2 is 2.33 bits per heavy atom. The normalized spacial score (nSPS) is 11.1. The van der Waals surface area contributed by atoms with Gasteiger partial charge in [0.25, 0.3) is 5.91 Å². The van der Waals surface area contributed by atoms with Gasteiger partial charge in [0.15, 0.2) is 5.13 Å². The Bertz CT molecular complexity index is 454. The van der Waals surface area contributed by atoms with E-state index < -0.39 is 5.97 Å². The molecule has 0 unspecified atom stereocenters. The van der Waals surface area contributed by atoms with Crippen molar-refractivity contribution in [3.05, 3.63) is 17.2 Å². The van der Waals surface area contributed by atoms with E-state index in [0.29, 0.717) is 10.0 Å². The van der Waals surface area contributed by atoms with Gasteiger partial charge in [0.1, 0.15) is 6.61 Å². The van der Waals surface area contributed by atoms with Crippen molar-refractivity contribution in [1.82, 2.24) is 4.98 Å². The van der Waals surface area contributed by atoms with Crippen molar-refractivity contribution in [3.8, 4) is 0 Å². The van der Waals surface area contributed by atoms with E-state index in [1.165, 1.54) is 23.6 Å². The second-order valence-electron chi connectivity index (χ2n) is 3.65. The van der Waals surface area contributed by atoms with Crippen LogP contribution in [0.5, 0.6) is 0 Å². The van der Waals surface area contributed by atoms with E-state index in [-0.39, 0.29) is 18.6 Å². The van der Waals surface area contributed by atoms with E-state index in [9.17, 15) is 9.59 Å². The summed E-state index contributed by atoms with van der Waals surface area (Å²) in [6.45, 7) is 3.65. The number of thiazole rings is 1. The Morgan fingerprint density at radius 3 is 2.94 bits per heavy atom. The van der Waals surface area contributed by atoms with Crippen LogP contribution in [0.25, 0.3) is 6.08 Å². The number of amides is 1. The summed E-state index contributed by atoms with van der Waals surface area (Å²) in [4.78, 5) is 26.3. The van der Waals surface area contributed by atoms with Crippen molar-refractivity contribution in [2.24, 2.45) is 0 Å². The third-order valence-corrected chi connectivity index (χ3v) is 2.59. The molecule has 7 heteroatoms. The van der Waals surface area contributed by atoms with E-state index in [1.807, 2.05) is 13.8 Å². The second kappa shape index (κ2) is 6.87. The molecular formula is C11H14N2O4S. The van der Waals surface area contributed by atoms with Crippen LogP contribution in [0, 0.1) is 0 Å². The first kappa shape index (κ1) is 14.3. The van der Waals surface area contributed by atoms with Crippen molar-refractivity contribution in [1.29, 1.82) is 0 Å². The zero-order chi connectivity index (χ0) is 13.5. The van der Waals surface area contributed by atoms with E-state index in [4.69, 9.17) is 9.84 Å². The first-order chi connectivity index (χ1) is 8.47. The topological polar surface area (TPSA) is 88.5 Å². The molecule has 0 bridgehead atoms. The van der Waals surface area contributed by atoms with Crippen molar-refractivity contribution in [2.75, 3.05) is 11.9 Å². The molecule has 1 aromatic rings. The second-order valence-corrected chi connectivity index (χ2v) is 4.71. The lowest BCUT2D eigenvalue weighted by molar-refractivity contribution is -0.131. The highest BCUT2D eigenvalue weighted by Crippen LogP contribution is 2.19. The number of carboxylic acid groups (broad SMARTS) is 1. The number of carboxylic acids is 1. The van der Waals surface area contributed by atoms with Gasteiger partial charge in [-0.25, -0.2) is 9.78 Å². The van der Waals surface area contributed by atoms with Gasteiger partial charge in [-0.1, -0.05) is 11.3 Å². The summed E-state index contributed by atoms with van der Waals surface area (Å²) in [5.41, 5.74) is 0. The minimum Gasteiger partial charge on any atom is -0.478 e. The van der Waals surface area contributed by atoms with Crippen LogP contribution in [0.3, 0.4) is 0 Å². The summed E-state index contributed by atoms with van der Waals surface area (Å²) in [5.74, 6) is -1.31. The van der Waals surface area contributed by atoms with Crippen LogP contribution < -0.4 is 5.32 Å². The molecule has 0 aliphatic rings. The lowest BCUT2D eigenvalue weighted by Crippen LogP contribution is -2.20. The van der Waals surface area contributed by atoms with E-state index in [0.717, 1.165) is 6.08 Å². The minimum atomic E-state index is -1.03. The number of carbonyl (C=O) groups is 2. The molecule has 2 N–H and O–H groups in total. The lowest BCUT2D eigenvalue weighted by Gasteiger charge is -2.06. The number of anilines is 1. The molecule has 0 aliphatic heterocycles. The van der Waals surface area contributed by atoms with Gasteiger partial charge in [0.05, 0.1) is 6.10 Å². The molecule has 0 atom stereocenters.